The smallest absolute Gasteiger partial charge is 0.242 e. The third kappa shape index (κ3) is 5.39. The zero-order valence-corrected chi connectivity index (χ0v) is 21.0. The zero-order valence-electron chi connectivity index (χ0n) is 21.0. The maximum atomic E-state index is 12.6. The first-order valence-electron chi connectivity index (χ1n) is 12.1. The molecular formula is C26H34N6O3. The highest BCUT2D eigenvalue weighted by molar-refractivity contribution is 5.86. The van der Waals surface area contributed by atoms with Gasteiger partial charge in [-0.3, -0.25) is 9.59 Å². The summed E-state index contributed by atoms with van der Waals surface area (Å²) in [6.07, 6.45) is 1.22. The van der Waals surface area contributed by atoms with Crippen LogP contribution >= 0.6 is 0 Å². The van der Waals surface area contributed by atoms with E-state index in [1.165, 1.54) is 5.69 Å². The second kappa shape index (κ2) is 10.8. The molecule has 1 aliphatic heterocycles. The van der Waals surface area contributed by atoms with Crippen molar-refractivity contribution in [1.82, 2.24) is 25.0 Å². The number of aryl methyl sites for hydroxylation is 3. The fourth-order valence-corrected chi connectivity index (χ4v) is 4.75. The molecule has 0 atom stereocenters. The molecule has 1 saturated heterocycles. The number of anilines is 1. The molecule has 1 fully saturated rings. The highest BCUT2D eigenvalue weighted by Crippen LogP contribution is 2.30. The summed E-state index contributed by atoms with van der Waals surface area (Å²) in [7, 11) is 3.44. The molecule has 1 N–H and O–H groups in total. The van der Waals surface area contributed by atoms with Crippen molar-refractivity contribution in [1.29, 1.82) is 0 Å². The Kier molecular flexibility index (Phi) is 7.53. The van der Waals surface area contributed by atoms with Crippen molar-refractivity contribution >= 4 is 28.5 Å². The average molecular weight is 479 g/mol. The summed E-state index contributed by atoms with van der Waals surface area (Å²) in [5, 5.41) is 8.16. The van der Waals surface area contributed by atoms with E-state index in [2.05, 4.69) is 32.4 Å². The van der Waals surface area contributed by atoms with Gasteiger partial charge in [0.05, 0.1) is 12.5 Å². The zero-order chi connectivity index (χ0) is 24.9. The number of para-hydroxylation sites is 1. The number of ether oxygens (including phenoxy) is 1. The average Bonchev–Trinajstić information content (AvgIpc) is 3.19. The summed E-state index contributed by atoms with van der Waals surface area (Å²) < 4.78 is 7.13. The van der Waals surface area contributed by atoms with Crippen LogP contribution < -0.4 is 15.0 Å². The van der Waals surface area contributed by atoms with Gasteiger partial charge in [0.15, 0.2) is 5.65 Å². The topological polar surface area (TPSA) is 92.6 Å². The number of nitrogens with zero attached hydrogens (tertiary/aromatic N) is 5. The Bertz CT molecular complexity index is 1200. The highest BCUT2D eigenvalue weighted by atomic mass is 16.5. The van der Waals surface area contributed by atoms with Crippen LogP contribution in [0.4, 0.5) is 5.69 Å². The Morgan fingerprint density at radius 3 is 2.46 bits per heavy atom. The van der Waals surface area contributed by atoms with E-state index < -0.39 is 0 Å². The lowest BCUT2D eigenvalue weighted by Gasteiger charge is -2.36. The van der Waals surface area contributed by atoms with Gasteiger partial charge in [0.1, 0.15) is 0 Å². The fourth-order valence-electron chi connectivity index (χ4n) is 4.75. The Labute approximate surface area is 206 Å². The van der Waals surface area contributed by atoms with Crippen LogP contribution in [0.1, 0.15) is 29.7 Å². The summed E-state index contributed by atoms with van der Waals surface area (Å²) in [6.45, 7) is 7.37. The van der Waals surface area contributed by atoms with Gasteiger partial charge in [-0.1, -0.05) is 18.2 Å². The van der Waals surface area contributed by atoms with Crippen LogP contribution in [0, 0.1) is 13.8 Å². The molecule has 0 saturated carbocycles. The third-order valence-electron chi connectivity index (χ3n) is 6.73. The summed E-state index contributed by atoms with van der Waals surface area (Å²) >= 11 is 0. The Hall–Kier alpha value is -3.62. The number of fused-ring (bicyclic) bond motifs is 1. The van der Waals surface area contributed by atoms with Gasteiger partial charge in [-0.05, 0) is 43.5 Å². The van der Waals surface area contributed by atoms with E-state index in [1.54, 1.807) is 11.8 Å². The minimum atomic E-state index is -0.0660. The summed E-state index contributed by atoms with van der Waals surface area (Å²) in [4.78, 5) is 34.0. The van der Waals surface area contributed by atoms with Crippen molar-refractivity contribution in [3.63, 3.8) is 0 Å². The van der Waals surface area contributed by atoms with Crippen LogP contribution in [0.2, 0.25) is 0 Å². The number of rotatable bonds is 8. The molecule has 0 aliphatic carbocycles. The Balaban J connectivity index is 1.24. The molecular weight excluding hydrogens is 444 g/mol. The van der Waals surface area contributed by atoms with E-state index in [-0.39, 0.29) is 11.8 Å². The quantitative estimate of drug-likeness (QED) is 0.535. The number of amides is 2. The number of pyridine rings is 1. The van der Waals surface area contributed by atoms with E-state index in [9.17, 15) is 9.59 Å². The summed E-state index contributed by atoms with van der Waals surface area (Å²) in [6, 6.07) is 10.3. The molecule has 4 rings (SSSR count). The van der Waals surface area contributed by atoms with Gasteiger partial charge in [0.25, 0.3) is 0 Å². The maximum Gasteiger partial charge on any atom is 0.242 e. The molecule has 186 valence electrons. The first-order chi connectivity index (χ1) is 16.9. The SMILES string of the molecule is COc1nn(C)c2nc(C)c(CCC(=O)NCCC(=O)N3CCN(c4ccccc4)CC3)c(C)c12. The standard InChI is InChI=1S/C26H34N6O3/c1-18-21(19(2)28-25-24(18)26(35-4)29-30(25)3)10-11-22(33)27-13-12-23(34)32-16-14-31(15-17-32)20-8-6-5-7-9-20/h5-9H,10-17H2,1-4H3,(H,27,33). The van der Waals surface area contributed by atoms with E-state index in [1.807, 2.05) is 44.0 Å². The second-order valence-corrected chi connectivity index (χ2v) is 8.94. The first-order valence-corrected chi connectivity index (χ1v) is 12.1. The number of nitrogens with one attached hydrogen (secondary N) is 1. The number of hydrogen-bond acceptors (Lipinski definition) is 6. The van der Waals surface area contributed by atoms with Crippen molar-refractivity contribution < 1.29 is 14.3 Å². The number of piperazine rings is 1. The Morgan fingerprint density at radius 2 is 1.77 bits per heavy atom. The molecule has 0 radical (unpaired) electrons. The van der Waals surface area contributed by atoms with Crippen LogP contribution in [-0.2, 0) is 23.1 Å². The minimum absolute atomic E-state index is 0.0660. The van der Waals surface area contributed by atoms with Crippen molar-refractivity contribution in [2.24, 2.45) is 7.05 Å². The van der Waals surface area contributed by atoms with Gasteiger partial charge in [-0.15, -0.1) is 5.10 Å². The molecule has 2 aromatic heterocycles. The summed E-state index contributed by atoms with van der Waals surface area (Å²) in [5.74, 6) is 0.563. The van der Waals surface area contributed by atoms with Gasteiger partial charge >= 0.3 is 0 Å². The molecule has 3 aromatic rings. The molecule has 3 heterocycles. The van der Waals surface area contributed by atoms with Gasteiger partial charge in [0.2, 0.25) is 17.7 Å². The Morgan fingerprint density at radius 1 is 1.06 bits per heavy atom. The van der Waals surface area contributed by atoms with Crippen molar-refractivity contribution in [2.75, 3.05) is 44.7 Å². The van der Waals surface area contributed by atoms with Gasteiger partial charge in [-0.2, -0.15) is 0 Å². The van der Waals surface area contributed by atoms with E-state index in [4.69, 9.17) is 4.74 Å². The van der Waals surface area contributed by atoms with Gasteiger partial charge < -0.3 is 19.9 Å². The number of carbonyl (C=O) groups excluding carboxylic acids is 2. The lowest BCUT2D eigenvalue weighted by Crippen LogP contribution is -2.49. The van der Waals surface area contributed by atoms with Crippen LogP contribution in [0.3, 0.4) is 0 Å². The van der Waals surface area contributed by atoms with Crippen LogP contribution in [0.5, 0.6) is 5.88 Å². The predicted molar refractivity (Wildman–Crippen MR) is 136 cm³/mol. The van der Waals surface area contributed by atoms with Crippen LogP contribution in [-0.4, -0.2) is 71.3 Å². The van der Waals surface area contributed by atoms with Gasteiger partial charge in [-0.25, -0.2) is 9.67 Å². The molecule has 0 bridgehead atoms. The largest absolute Gasteiger partial charge is 0.479 e. The molecule has 0 unspecified atom stereocenters. The number of hydrogen-bond donors (Lipinski definition) is 1. The minimum Gasteiger partial charge on any atom is -0.479 e. The highest BCUT2D eigenvalue weighted by Gasteiger charge is 2.21. The number of methoxy groups -OCH3 is 1. The predicted octanol–water partition coefficient (Wildman–Crippen LogP) is 2.38. The maximum absolute atomic E-state index is 12.6. The number of aromatic nitrogens is 3. The molecule has 1 aromatic carbocycles. The van der Waals surface area contributed by atoms with Crippen LogP contribution in [0.25, 0.3) is 11.0 Å². The third-order valence-corrected chi connectivity index (χ3v) is 6.73. The van der Waals surface area contributed by atoms with Crippen molar-refractivity contribution in [3.8, 4) is 5.88 Å². The van der Waals surface area contributed by atoms with E-state index >= 15 is 0 Å². The molecule has 0 spiro atoms. The normalized spacial score (nSPS) is 13.8. The van der Waals surface area contributed by atoms with E-state index in [0.29, 0.717) is 44.8 Å². The number of benzene rings is 1. The van der Waals surface area contributed by atoms with Gasteiger partial charge in [0, 0.05) is 64.0 Å². The van der Waals surface area contributed by atoms with E-state index in [0.717, 1.165) is 40.9 Å². The van der Waals surface area contributed by atoms with Crippen molar-refractivity contribution in [2.45, 2.75) is 33.1 Å². The second-order valence-electron chi connectivity index (χ2n) is 8.94. The monoisotopic (exact) mass is 478 g/mol. The lowest BCUT2D eigenvalue weighted by molar-refractivity contribution is -0.131. The number of carbonyl (C=O) groups is 2. The molecule has 9 heteroatoms. The molecule has 9 nitrogen and oxygen atoms in total. The molecule has 1 aliphatic rings. The first kappa shape index (κ1) is 24.5. The molecule has 35 heavy (non-hydrogen) atoms. The summed E-state index contributed by atoms with van der Waals surface area (Å²) in [5.41, 5.74) is 4.92. The fraction of sp³-hybridized carbons (Fsp3) is 0.462. The van der Waals surface area contributed by atoms with Crippen LogP contribution in [0.15, 0.2) is 30.3 Å². The lowest BCUT2D eigenvalue weighted by atomic mass is 10.00. The molecule has 2 amide bonds. The van der Waals surface area contributed by atoms with Crippen molar-refractivity contribution in [3.05, 3.63) is 47.2 Å².